The van der Waals surface area contributed by atoms with Gasteiger partial charge in [-0.1, -0.05) is 11.6 Å². The molecule has 0 radical (unpaired) electrons. The SMILES string of the molecule is COCS(=O)c1ccc(N)c(Cl)c1. The molecule has 0 aliphatic rings. The normalized spacial score (nSPS) is 12.8. The molecule has 1 rings (SSSR count). The van der Waals surface area contributed by atoms with Crippen LogP contribution in [0.3, 0.4) is 0 Å². The van der Waals surface area contributed by atoms with Gasteiger partial charge in [0.1, 0.15) is 5.94 Å². The summed E-state index contributed by atoms with van der Waals surface area (Å²) in [6.07, 6.45) is 0. The van der Waals surface area contributed by atoms with E-state index in [1.807, 2.05) is 0 Å². The minimum Gasteiger partial charge on any atom is -0.398 e. The molecule has 3 nitrogen and oxygen atoms in total. The number of nitrogens with two attached hydrogens (primary N) is 1. The molecule has 0 saturated carbocycles. The Morgan fingerprint density at radius 1 is 1.62 bits per heavy atom. The smallest absolute Gasteiger partial charge is 0.126 e. The summed E-state index contributed by atoms with van der Waals surface area (Å²) in [7, 11) is 0.333. The van der Waals surface area contributed by atoms with Crippen molar-refractivity contribution in [1.82, 2.24) is 0 Å². The van der Waals surface area contributed by atoms with Gasteiger partial charge in [0.05, 0.1) is 21.5 Å². The maximum absolute atomic E-state index is 11.4. The van der Waals surface area contributed by atoms with Crippen molar-refractivity contribution in [1.29, 1.82) is 0 Å². The van der Waals surface area contributed by atoms with Crippen LogP contribution in [0, 0.1) is 0 Å². The second-order valence-corrected chi connectivity index (χ2v) is 4.24. The number of anilines is 1. The van der Waals surface area contributed by atoms with Crippen molar-refractivity contribution in [2.24, 2.45) is 0 Å². The van der Waals surface area contributed by atoms with Crippen molar-refractivity contribution in [2.75, 3.05) is 18.8 Å². The molecule has 1 aromatic carbocycles. The molecule has 0 bridgehead atoms. The monoisotopic (exact) mass is 219 g/mol. The molecular weight excluding hydrogens is 210 g/mol. The van der Waals surface area contributed by atoms with Crippen molar-refractivity contribution >= 4 is 28.1 Å². The number of ether oxygens (including phenoxy) is 1. The third kappa shape index (κ3) is 2.69. The zero-order valence-corrected chi connectivity index (χ0v) is 8.69. The lowest BCUT2D eigenvalue weighted by atomic mass is 10.3. The number of halogens is 1. The number of hydrogen-bond donors (Lipinski definition) is 1. The third-order valence-electron chi connectivity index (χ3n) is 1.46. The molecule has 0 fully saturated rings. The van der Waals surface area contributed by atoms with Gasteiger partial charge in [-0.15, -0.1) is 0 Å². The van der Waals surface area contributed by atoms with Crippen LogP contribution in [0.15, 0.2) is 23.1 Å². The van der Waals surface area contributed by atoms with E-state index in [1.165, 1.54) is 7.11 Å². The van der Waals surface area contributed by atoms with E-state index in [4.69, 9.17) is 22.1 Å². The molecule has 1 aromatic rings. The summed E-state index contributed by atoms with van der Waals surface area (Å²) in [5.41, 5.74) is 5.99. The molecule has 72 valence electrons. The second-order valence-electron chi connectivity index (χ2n) is 2.44. The van der Waals surface area contributed by atoms with Crippen LogP contribution in [0.1, 0.15) is 0 Å². The molecule has 0 spiro atoms. The molecule has 13 heavy (non-hydrogen) atoms. The summed E-state index contributed by atoms with van der Waals surface area (Å²) >= 11 is 5.76. The molecule has 2 N–H and O–H groups in total. The van der Waals surface area contributed by atoms with E-state index in [9.17, 15) is 4.21 Å². The van der Waals surface area contributed by atoms with Crippen LogP contribution in [0.2, 0.25) is 5.02 Å². The summed E-state index contributed by atoms with van der Waals surface area (Å²) in [4.78, 5) is 0.626. The van der Waals surface area contributed by atoms with Crippen LogP contribution in [0.5, 0.6) is 0 Å². The average molecular weight is 220 g/mol. The summed E-state index contributed by atoms with van der Waals surface area (Å²) in [5, 5.41) is 0.418. The van der Waals surface area contributed by atoms with Crippen LogP contribution in [-0.2, 0) is 15.5 Å². The van der Waals surface area contributed by atoms with Crippen molar-refractivity contribution in [3.8, 4) is 0 Å². The van der Waals surface area contributed by atoms with Crippen molar-refractivity contribution in [2.45, 2.75) is 4.90 Å². The fraction of sp³-hybridized carbons (Fsp3) is 0.250. The average Bonchev–Trinajstić information content (AvgIpc) is 2.10. The van der Waals surface area contributed by atoms with Gasteiger partial charge in [-0.3, -0.25) is 4.21 Å². The number of nitrogen functional groups attached to an aromatic ring is 1. The number of methoxy groups -OCH3 is 1. The van der Waals surface area contributed by atoms with Crippen LogP contribution in [-0.4, -0.2) is 17.3 Å². The Hall–Kier alpha value is -0.580. The first kappa shape index (κ1) is 10.5. The highest BCUT2D eigenvalue weighted by Crippen LogP contribution is 2.21. The molecule has 1 unspecified atom stereocenters. The lowest BCUT2D eigenvalue weighted by Crippen LogP contribution is -2.00. The van der Waals surface area contributed by atoms with E-state index in [1.54, 1.807) is 18.2 Å². The molecule has 0 saturated heterocycles. The van der Waals surface area contributed by atoms with Crippen LogP contribution >= 0.6 is 11.6 Å². The van der Waals surface area contributed by atoms with Gasteiger partial charge in [-0.05, 0) is 18.2 Å². The first-order valence-corrected chi connectivity index (χ1v) is 5.27. The molecule has 0 amide bonds. The number of rotatable bonds is 3. The van der Waals surface area contributed by atoms with Gasteiger partial charge in [0.25, 0.3) is 0 Å². The summed E-state index contributed by atoms with van der Waals surface area (Å²) < 4.78 is 16.1. The highest BCUT2D eigenvalue weighted by molar-refractivity contribution is 7.84. The molecule has 5 heteroatoms. The first-order chi connectivity index (χ1) is 6.15. The zero-order valence-electron chi connectivity index (χ0n) is 7.12. The van der Waals surface area contributed by atoms with E-state index in [-0.39, 0.29) is 5.94 Å². The van der Waals surface area contributed by atoms with E-state index in [0.29, 0.717) is 15.6 Å². The van der Waals surface area contributed by atoms with Gasteiger partial charge in [0.15, 0.2) is 0 Å². The minimum atomic E-state index is -1.16. The Morgan fingerprint density at radius 3 is 2.85 bits per heavy atom. The van der Waals surface area contributed by atoms with Crippen LogP contribution in [0.4, 0.5) is 5.69 Å². The van der Waals surface area contributed by atoms with E-state index in [0.717, 1.165) is 0 Å². The Balaban J connectivity index is 2.90. The van der Waals surface area contributed by atoms with Crippen LogP contribution in [0.25, 0.3) is 0 Å². The Labute approximate surface area is 84.3 Å². The van der Waals surface area contributed by atoms with Gasteiger partial charge in [-0.2, -0.15) is 0 Å². The fourth-order valence-electron chi connectivity index (χ4n) is 0.825. The molecule has 1 atom stereocenters. The summed E-state index contributed by atoms with van der Waals surface area (Å²) in [6.45, 7) is 0. The largest absolute Gasteiger partial charge is 0.398 e. The molecule has 0 aromatic heterocycles. The van der Waals surface area contributed by atoms with E-state index >= 15 is 0 Å². The van der Waals surface area contributed by atoms with Gasteiger partial charge >= 0.3 is 0 Å². The Morgan fingerprint density at radius 2 is 2.31 bits per heavy atom. The third-order valence-corrected chi connectivity index (χ3v) is 3.02. The lowest BCUT2D eigenvalue weighted by molar-refractivity contribution is 0.254. The standard InChI is InChI=1S/C8H10ClNO2S/c1-12-5-13(11)6-2-3-8(10)7(9)4-6/h2-4H,5,10H2,1H3. The maximum atomic E-state index is 11.4. The predicted molar refractivity (Wildman–Crippen MR) is 54.1 cm³/mol. The lowest BCUT2D eigenvalue weighted by Gasteiger charge is -2.02. The fourth-order valence-corrected chi connectivity index (χ4v) is 1.89. The van der Waals surface area contributed by atoms with Gasteiger partial charge < -0.3 is 10.5 Å². The van der Waals surface area contributed by atoms with Gasteiger partial charge in [0.2, 0.25) is 0 Å². The number of hydrogen-bond acceptors (Lipinski definition) is 3. The van der Waals surface area contributed by atoms with Gasteiger partial charge in [-0.25, -0.2) is 0 Å². The first-order valence-electron chi connectivity index (χ1n) is 3.57. The maximum Gasteiger partial charge on any atom is 0.126 e. The molecule has 0 aliphatic carbocycles. The highest BCUT2D eigenvalue weighted by atomic mass is 35.5. The zero-order chi connectivity index (χ0) is 9.84. The molecule has 0 heterocycles. The van der Waals surface area contributed by atoms with Crippen LogP contribution < -0.4 is 5.73 Å². The Kier molecular flexibility index (Phi) is 3.71. The number of benzene rings is 1. The summed E-state index contributed by atoms with van der Waals surface area (Å²) in [6, 6.07) is 4.90. The van der Waals surface area contributed by atoms with E-state index in [2.05, 4.69) is 0 Å². The highest BCUT2D eigenvalue weighted by Gasteiger charge is 2.04. The minimum absolute atomic E-state index is 0.167. The topological polar surface area (TPSA) is 52.3 Å². The molecular formula is C8H10ClNO2S. The van der Waals surface area contributed by atoms with Crippen molar-refractivity contribution in [3.63, 3.8) is 0 Å². The Bertz CT molecular complexity index is 330. The van der Waals surface area contributed by atoms with Crippen molar-refractivity contribution < 1.29 is 8.95 Å². The summed E-state index contributed by atoms with van der Waals surface area (Å²) in [5.74, 6) is 0.167. The van der Waals surface area contributed by atoms with E-state index < -0.39 is 10.8 Å². The molecule has 0 aliphatic heterocycles. The second kappa shape index (κ2) is 4.60. The predicted octanol–water partition coefficient (Wildman–Crippen LogP) is 1.63. The van der Waals surface area contributed by atoms with Gasteiger partial charge in [0, 0.05) is 12.0 Å². The quantitative estimate of drug-likeness (QED) is 0.787. The van der Waals surface area contributed by atoms with Crippen molar-refractivity contribution in [3.05, 3.63) is 23.2 Å².